The van der Waals surface area contributed by atoms with Gasteiger partial charge in [-0.2, -0.15) is 16.8 Å². The van der Waals surface area contributed by atoms with Crippen LogP contribution in [-0.4, -0.2) is 36.6 Å². The summed E-state index contributed by atoms with van der Waals surface area (Å²) >= 11 is 0. The maximum absolute atomic E-state index is 11.2. The highest BCUT2D eigenvalue weighted by atomic mass is 32.2. The van der Waals surface area contributed by atoms with Gasteiger partial charge in [0.05, 0.1) is 11.4 Å². The Morgan fingerprint density at radius 2 is 1.33 bits per heavy atom. The molecule has 2 rings (SSSR count). The van der Waals surface area contributed by atoms with Gasteiger partial charge < -0.3 is 0 Å². The molecule has 0 spiro atoms. The smallest absolute Gasteiger partial charge is 0.285 e. The zero-order valence-corrected chi connectivity index (χ0v) is 16.5. The minimum absolute atomic E-state index is 0.292. The van der Waals surface area contributed by atoms with Crippen LogP contribution in [0.25, 0.3) is 0 Å². The maximum Gasteiger partial charge on any atom is 0.302 e. The van der Waals surface area contributed by atoms with Crippen LogP contribution in [0.15, 0.2) is 48.8 Å². The topological polar surface area (TPSA) is 144 Å². The van der Waals surface area contributed by atoms with Gasteiger partial charge in [-0.15, -0.1) is 4.33 Å². The average Bonchev–Trinajstić information content (AvgIpc) is 2.64. The summed E-state index contributed by atoms with van der Waals surface area (Å²) in [6.07, 6.45) is 3.60. The molecule has 0 saturated heterocycles. The van der Waals surface area contributed by atoms with E-state index in [1.54, 1.807) is 50.2 Å². The summed E-state index contributed by atoms with van der Waals surface area (Å²) in [6.45, 7) is 3.36. The first-order chi connectivity index (χ1) is 12.7. The summed E-state index contributed by atoms with van der Waals surface area (Å²) in [7, 11) is -8.00. The normalized spacial score (nSPS) is 13.9. The molecule has 2 atom stereocenters. The molecule has 0 radical (unpaired) electrons. The Bertz CT molecular complexity index is 889. The molecule has 2 aromatic heterocycles. The number of hydrogen-bond donors (Lipinski definition) is 2. The summed E-state index contributed by atoms with van der Waals surface area (Å²) in [6, 6.07) is 9.91. The van der Waals surface area contributed by atoms with Gasteiger partial charge in [-0.05, 0) is 37.1 Å². The number of hydrogen-bond acceptors (Lipinski definition) is 8. The van der Waals surface area contributed by atoms with Crippen molar-refractivity contribution in [3.63, 3.8) is 0 Å². The van der Waals surface area contributed by atoms with E-state index >= 15 is 0 Å². The quantitative estimate of drug-likeness (QED) is 0.394. The van der Waals surface area contributed by atoms with Crippen LogP contribution < -0.4 is 0 Å². The van der Waals surface area contributed by atoms with Crippen molar-refractivity contribution < 1.29 is 31.0 Å². The first-order valence-corrected chi connectivity index (χ1v) is 11.0. The van der Waals surface area contributed by atoms with Crippen molar-refractivity contribution in [2.45, 2.75) is 37.2 Å². The predicted octanol–water partition coefficient (Wildman–Crippen LogP) is 2.77. The van der Waals surface area contributed by atoms with Gasteiger partial charge in [-0.1, -0.05) is 26.0 Å². The summed E-state index contributed by atoms with van der Waals surface area (Å²) in [5.74, 6) is 0. The Morgan fingerprint density at radius 1 is 0.889 bits per heavy atom. The molecule has 0 fully saturated rings. The van der Waals surface area contributed by atoms with Crippen LogP contribution in [0, 0.1) is 0 Å². The van der Waals surface area contributed by atoms with E-state index in [4.69, 9.17) is 9.81 Å². The molecule has 2 N–H and O–H groups in total. The third-order valence-corrected chi connectivity index (χ3v) is 6.36. The minimum atomic E-state index is -4.03. The van der Waals surface area contributed by atoms with Gasteiger partial charge in [-0.25, -0.2) is 5.26 Å². The first kappa shape index (κ1) is 23.1. The molecule has 0 amide bonds. The second-order valence-electron chi connectivity index (χ2n) is 5.39. The van der Waals surface area contributed by atoms with E-state index in [0.717, 1.165) is 0 Å². The van der Waals surface area contributed by atoms with Gasteiger partial charge in [-0.3, -0.25) is 14.5 Å². The Hall–Kier alpha value is -1.92. The number of nitrogens with zero attached hydrogens (tertiary/aromatic N) is 2. The molecule has 0 aromatic carbocycles. The van der Waals surface area contributed by atoms with Crippen LogP contribution in [0.3, 0.4) is 0 Å². The third-order valence-electron chi connectivity index (χ3n) is 3.59. The first-order valence-electron chi connectivity index (χ1n) is 8.02. The van der Waals surface area contributed by atoms with E-state index < -0.39 is 30.7 Å². The SMILES string of the molecule is CCC(c1ccccn1)S(=O)(=O)O.CCC(c1ccccn1)S(=O)(=O)OO. The molecule has 2 unspecified atom stereocenters. The van der Waals surface area contributed by atoms with E-state index in [9.17, 15) is 16.8 Å². The van der Waals surface area contributed by atoms with Gasteiger partial charge >= 0.3 is 10.1 Å². The highest BCUT2D eigenvalue weighted by molar-refractivity contribution is 7.86. The lowest BCUT2D eigenvalue weighted by atomic mass is 10.2. The molecule has 0 aliphatic heterocycles. The molecular weight excluding hydrogens is 396 g/mol. The fourth-order valence-corrected chi connectivity index (χ4v) is 4.13. The average molecular weight is 418 g/mol. The van der Waals surface area contributed by atoms with Crippen LogP contribution >= 0.6 is 0 Å². The van der Waals surface area contributed by atoms with Crippen molar-refractivity contribution in [1.29, 1.82) is 0 Å². The fraction of sp³-hybridized carbons (Fsp3) is 0.375. The van der Waals surface area contributed by atoms with E-state index in [-0.39, 0.29) is 0 Å². The van der Waals surface area contributed by atoms with Gasteiger partial charge in [0.2, 0.25) is 0 Å². The molecule has 11 heteroatoms. The Labute approximate surface area is 158 Å². The Balaban J connectivity index is 0.000000271. The van der Waals surface area contributed by atoms with Crippen molar-refractivity contribution in [3.05, 3.63) is 60.2 Å². The van der Waals surface area contributed by atoms with Crippen LogP contribution in [0.1, 0.15) is 48.6 Å². The molecule has 9 nitrogen and oxygen atoms in total. The molecule has 0 aliphatic carbocycles. The highest BCUT2D eigenvalue weighted by Crippen LogP contribution is 2.24. The van der Waals surface area contributed by atoms with Crippen molar-refractivity contribution in [1.82, 2.24) is 9.97 Å². The third kappa shape index (κ3) is 6.96. The summed E-state index contributed by atoms with van der Waals surface area (Å²) in [5.41, 5.74) is 0.747. The van der Waals surface area contributed by atoms with Gasteiger partial charge in [0.15, 0.2) is 0 Å². The number of aromatic nitrogens is 2. The van der Waals surface area contributed by atoms with Crippen molar-refractivity contribution >= 4 is 20.2 Å². The Morgan fingerprint density at radius 3 is 1.63 bits per heavy atom. The summed E-state index contributed by atoms with van der Waals surface area (Å²) in [5, 5.41) is 6.41. The van der Waals surface area contributed by atoms with Gasteiger partial charge in [0.1, 0.15) is 10.5 Å². The van der Waals surface area contributed by atoms with E-state index in [0.29, 0.717) is 24.2 Å². The lowest BCUT2D eigenvalue weighted by molar-refractivity contribution is -0.131. The van der Waals surface area contributed by atoms with Gasteiger partial charge in [0.25, 0.3) is 10.1 Å². The molecule has 27 heavy (non-hydrogen) atoms. The van der Waals surface area contributed by atoms with Crippen LogP contribution in [0.5, 0.6) is 0 Å². The molecular formula is C16H22N2O7S2. The molecule has 0 aliphatic rings. The fourth-order valence-electron chi connectivity index (χ4n) is 2.32. The monoisotopic (exact) mass is 418 g/mol. The zero-order chi connectivity index (χ0) is 20.5. The second kappa shape index (κ2) is 10.4. The van der Waals surface area contributed by atoms with Crippen molar-refractivity contribution in [2.75, 3.05) is 0 Å². The molecule has 2 aromatic rings. The zero-order valence-electron chi connectivity index (χ0n) is 14.8. The van der Waals surface area contributed by atoms with E-state index in [1.165, 1.54) is 12.4 Å². The lowest BCUT2D eigenvalue weighted by Gasteiger charge is -2.11. The second-order valence-corrected chi connectivity index (χ2v) is 8.69. The van der Waals surface area contributed by atoms with Crippen LogP contribution in [0.2, 0.25) is 0 Å². The highest BCUT2D eigenvalue weighted by Gasteiger charge is 2.27. The number of pyridine rings is 2. The standard InChI is InChI=1S/C8H11NO4S.C8H11NO3S/c1-2-8(14(11,12)13-10)7-5-3-4-6-9-7;1-2-8(13(10,11)12)7-5-3-4-6-9-7/h3-6,8,10H,2H2,1H3;3-6,8H,2H2,1H3,(H,10,11,12). The molecule has 0 saturated carbocycles. The Kier molecular flexibility index (Phi) is 8.93. The van der Waals surface area contributed by atoms with Gasteiger partial charge in [0, 0.05) is 12.4 Å². The van der Waals surface area contributed by atoms with Crippen molar-refractivity contribution in [2.24, 2.45) is 0 Å². The molecule has 150 valence electrons. The largest absolute Gasteiger partial charge is 0.302 e. The molecule has 0 bridgehead atoms. The van der Waals surface area contributed by atoms with Crippen LogP contribution in [-0.2, 0) is 24.6 Å². The minimum Gasteiger partial charge on any atom is -0.285 e. The predicted molar refractivity (Wildman–Crippen MR) is 98.7 cm³/mol. The van der Waals surface area contributed by atoms with E-state index in [1.807, 2.05) is 0 Å². The summed E-state index contributed by atoms with van der Waals surface area (Å²) in [4.78, 5) is 7.77. The number of rotatable bonds is 7. The lowest BCUT2D eigenvalue weighted by Crippen LogP contribution is -2.15. The van der Waals surface area contributed by atoms with Crippen molar-refractivity contribution in [3.8, 4) is 0 Å². The van der Waals surface area contributed by atoms with Crippen LogP contribution in [0.4, 0.5) is 0 Å². The molecule has 2 heterocycles. The van der Waals surface area contributed by atoms with E-state index in [2.05, 4.69) is 14.3 Å². The maximum atomic E-state index is 11.2. The summed E-state index contributed by atoms with van der Waals surface area (Å²) < 4.78 is 56.5.